The minimum atomic E-state index is -0.0367. The van der Waals surface area contributed by atoms with Crippen LogP contribution in [-0.4, -0.2) is 49.0 Å². The van der Waals surface area contributed by atoms with Crippen LogP contribution in [0.2, 0.25) is 0 Å². The maximum Gasteiger partial charge on any atom is 0.230 e. The molecule has 1 fully saturated rings. The highest BCUT2D eigenvalue weighted by Crippen LogP contribution is 2.28. The van der Waals surface area contributed by atoms with Crippen LogP contribution in [-0.2, 0) is 11.2 Å². The lowest BCUT2D eigenvalue weighted by Crippen LogP contribution is -2.44. The van der Waals surface area contributed by atoms with Gasteiger partial charge in [-0.05, 0) is 42.8 Å². The number of amides is 1. The van der Waals surface area contributed by atoms with Gasteiger partial charge in [-0.25, -0.2) is 4.98 Å². The van der Waals surface area contributed by atoms with Gasteiger partial charge < -0.3 is 15.1 Å². The largest absolute Gasteiger partial charge is 0.369 e. The molecule has 3 heterocycles. The van der Waals surface area contributed by atoms with Gasteiger partial charge in [0.15, 0.2) is 0 Å². The van der Waals surface area contributed by atoms with Crippen LogP contribution in [0.5, 0.6) is 0 Å². The average molecular weight is 399 g/mol. The lowest BCUT2D eigenvalue weighted by atomic mass is 10.2. The summed E-state index contributed by atoms with van der Waals surface area (Å²) in [6.45, 7) is 4.25. The first kappa shape index (κ1) is 18.2. The molecule has 140 valence electrons. The van der Waals surface area contributed by atoms with E-state index in [1.165, 1.54) is 5.69 Å². The third kappa shape index (κ3) is 4.55. The van der Waals surface area contributed by atoms with E-state index >= 15 is 0 Å². The molecule has 3 aromatic rings. The number of carbonyl (C=O) groups is 1. The first-order valence-electron chi connectivity index (χ1n) is 8.99. The summed E-state index contributed by atoms with van der Waals surface area (Å²) in [6.07, 6.45) is 0.294. The van der Waals surface area contributed by atoms with E-state index in [1.54, 1.807) is 22.7 Å². The molecule has 0 unspecified atom stereocenters. The van der Waals surface area contributed by atoms with Crippen LogP contribution in [0.25, 0.3) is 9.88 Å². The Hall–Kier alpha value is -2.22. The molecular weight excluding hydrogens is 376 g/mol. The van der Waals surface area contributed by atoms with E-state index in [4.69, 9.17) is 0 Å². The summed E-state index contributed by atoms with van der Waals surface area (Å²) < 4.78 is 0. The fraction of sp³-hybridized carbons (Fsp3) is 0.300. The second-order valence-corrected chi connectivity index (χ2v) is 8.49. The van der Waals surface area contributed by atoms with Crippen molar-refractivity contribution in [1.29, 1.82) is 0 Å². The van der Waals surface area contributed by atoms with Crippen molar-refractivity contribution >= 4 is 40.0 Å². The van der Waals surface area contributed by atoms with Crippen LogP contribution in [0, 0.1) is 0 Å². The molecule has 7 heteroatoms. The molecular formula is C20H22N4OS2. The molecule has 1 N–H and O–H groups in total. The first-order valence-corrected chi connectivity index (χ1v) is 10.7. The van der Waals surface area contributed by atoms with Gasteiger partial charge in [0, 0.05) is 42.9 Å². The molecule has 1 aromatic carbocycles. The number of hydrogen-bond donors (Lipinski definition) is 1. The van der Waals surface area contributed by atoms with Crippen molar-refractivity contribution in [3.05, 3.63) is 52.9 Å². The smallest absolute Gasteiger partial charge is 0.230 e. The molecule has 0 aliphatic carbocycles. The molecule has 1 saturated heterocycles. The lowest BCUT2D eigenvalue weighted by molar-refractivity contribution is -0.115. The zero-order valence-electron chi connectivity index (χ0n) is 15.2. The zero-order chi connectivity index (χ0) is 18.6. The minimum Gasteiger partial charge on any atom is -0.369 e. The highest BCUT2D eigenvalue weighted by Gasteiger charge is 2.14. The maximum absolute atomic E-state index is 12.3. The Balaban J connectivity index is 1.33. The van der Waals surface area contributed by atoms with Crippen LogP contribution in [0.1, 0.15) is 5.69 Å². The number of hydrogen-bond acceptors (Lipinski definition) is 6. The molecule has 27 heavy (non-hydrogen) atoms. The number of aromatic nitrogens is 1. The highest BCUT2D eigenvalue weighted by molar-refractivity contribution is 7.20. The number of benzene rings is 1. The molecule has 4 rings (SSSR count). The van der Waals surface area contributed by atoms with E-state index in [9.17, 15) is 4.79 Å². The standard InChI is InChI=1S/C20H22N4OS2/c1-23-8-10-24(11-9-23)17-6-4-15(5-7-17)21-19(25)13-16-14-27-20(22-16)18-3-2-12-26-18/h2-7,12,14H,8-11,13H2,1H3,(H,21,25). The van der Waals surface area contributed by atoms with E-state index < -0.39 is 0 Å². The Labute approximate surface area is 167 Å². The Bertz CT molecular complexity index is 881. The number of thiazole rings is 1. The van der Waals surface area contributed by atoms with Crippen LogP contribution in [0.3, 0.4) is 0 Å². The average Bonchev–Trinajstić information content (AvgIpc) is 3.35. The van der Waals surface area contributed by atoms with Crippen molar-refractivity contribution in [3.63, 3.8) is 0 Å². The zero-order valence-corrected chi connectivity index (χ0v) is 16.9. The number of nitrogens with one attached hydrogen (secondary N) is 1. The highest BCUT2D eigenvalue weighted by atomic mass is 32.1. The van der Waals surface area contributed by atoms with Crippen LogP contribution in [0.15, 0.2) is 47.2 Å². The van der Waals surface area contributed by atoms with Gasteiger partial charge in [-0.1, -0.05) is 6.07 Å². The summed E-state index contributed by atoms with van der Waals surface area (Å²) in [7, 11) is 2.15. The number of carbonyl (C=O) groups excluding carboxylic acids is 1. The summed E-state index contributed by atoms with van der Waals surface area (Å²) in [6, 6.07) is 12.2. The Kier molecular flexibility index (Phi) is 5.52. The van der Waals surface area contributed by atoms with E-state index in [1.807, 2.05) is 29.0 Å². The molecule has 0 atom stereocenters. The van der Waals surface area contributed by atoms with Crippen molar-refractivity contribution in [2.45, 2.75) is 6.42 Å². The number of anilines is 2. The number of rotatable bonds is 5. The van der Waals surface area contributed by atoms with Gasteiger partial charge in [0.2, 0.25) is 5.91 Å². The summed E-state index contributed by atoms with van der Waals surface area (Å²) in [5.74, 6) is -0.0367. The molecule has 0 spiro atoms. The van der Waals surface area contributed by atoms with Crippen LogP contribution >= 0.6 is 22.7 Å². The Morgan fingerprint density at radius 3 is 2.59 bits per heavy atom. The number of thiophene rings is 1. The van der Waals surface area contributed by atoms with E-state index in [0.29, 0.717) is 6.42 Å². The van der Waals surface area contributed by atoms with Crippen molar-refractivity contribution in [2.75, 3.05) is 43.4 Å². The number of piperazine rings is 1. The fourth-order valence-corrected chi connectivity index (χ4v) is 4.73. The molecule has 0 radical (unpaired) electrons. The van der Waals surface area contributed by atoms with Gasteiger partial charge in [0.1, 0.15) is 5.01 Å². The predicted molar refractivity (Wildman–Crippen MR) is 114 cm³/mol. The van der Waals surface area contributed by atoms with Crippen molar-refractivity contribution in [2.24, 2.45) is 0 Å². The second kappa shape index (κ2) is 8.21. The van der Waals surface area contributed by atoms with E-state index in [0.717, 1.165) is 47.4 Å². The molecule has 1 aliphatic heterocycles. The van der Waals surface area contributed by atoms with Crippen molar-refractivity contribution in [1.82, 2.24) is 9.88 Å². The van der Waals surface area contributed by atoms with Gasteiger partial charge in [0.25, 0.3) is 0 Å². The van der Waals surface area contributed by atoms with E-state index in [-0.39, 0.29) is 5.91 Å². The SMILES string of the molecule is CN1CCN(c2ccc(NC(=O)Cc3csc(-c4cccs4)n3)cc2)CC1. The number of nitrogens with zero attached hydrogens (tertiary/aromatic N) is 3. The first-order chi connectivity index (χ1) is 13.2. The number of likely N-dealkylation sites (N-methyl/N-ethyl adjacent to an activating group) is 1. The van der Waals surface area contributed by atoms with Crippen molar-refractivity contribution < 1.29 is 4.79 Å². The summed E-state index contributed by atoms with van der Waals surface area (Å²) in [5.41, 5.74) is 2.85. The quantitative estimate of drug-likeness (QED) is 0.710. The molecule has 0 saturated carbocycles. The van der Waals surface area contributed by atoms with Crippen LogP contribution < -0.4 is 10.2 Å². The minimum absolute atomic E-state index is 0.0367. The van der Waals surface area contributed by atoms with Gasteiger partial charge in [-0.15, -0.1) is 22.7 Å². The third-order valence-corrected chi connectivity index (χ3v) is 6.58. The lowest BCUT2D eigenvalue weighted by Gasteiger charge is -2.34. The molecule has 1 aliphatic rings. The summed E-state index contributed by atoms with van der Waals surface area (Å²) in [4.78, 5) is 22.8. The summed E-state index contributed by atoms with van der Waals surface area (Å²) in [5, 5.41) is 7.95. The van der Waals surface area contributed by atoms with E-state index in [2.05, 4.69) is 45.3 Å². The monoisotopic (exact) mass is 398 g/mol. The molecule has 0 bridgehead atoms. The topological polar surface area (TPSA) is 48.5 Å². The Morgan fingerprint density at radius 1 is 1.11 bits per heavy atom. The van der Waals surface area contributed by atoms with Crippen molar-refractivity contribution in [3.8, 4) is 9.88 Å². The fourth-order valence-electron chi connectivity index (χ4n) is 3.09. The third-order valence-electron chi connectivity index (χ3n) is 4.64. The van der Waals surface area contributed by atoms with Crippen LogP contribution in [0.4, 0.5) is 11.4 Å². The molecule has 1 amide bonds. The predicted octanol–water partition coefficient (Wildman–Crippen LogP) is 3.80. The molecule has 2 aromatic heterocycles. The van der Waals surface area contributed by atoms with Gasteiger partial charge in [-0.3, -0.25) is 4.79 Å². The van der Waals surface area contributed by atoms with Gasteiger partial charge >= 0.3 is 0 Å². The Morgan fingerprint density at radius 2 is 1.89 bits per heavy atom. The second-order valence-electron chi connectivity index (χ2n) is 6.68. The molecule has 5 nitrogen and oxygen atoms in total. The van der Waals surface area contributed by atoms with Gasteiger partial charge in [-0.2, -0.15) is 0 Å². The maximum atomic E-state index is 12.3. The van der Waals surface area contributed by atoms with Gasteiger partial charge in [0.05, 0.1) is 17.0 Å². The normalized spacial score (nSPS) is 15.1. The summed E-state index contributed by atoms with van der Waals surface area (Å²) >= 11 is 3.25.